The Hall–Kier alpha value is -4.97. The number of rotatable bonds is 47. The van der Waals surface area contributed by atoms with E-state index >= 15 is 0 Å². The summed E-state index contributed by atoms with van der Waals surface area (Å²) in [7, 11) is 0. The molecule has 6 nitrogen and oxygen atoms in total. The Morgan fingerprint density at radius 3 is 0.886 bits per heavy atom. The molecule has 0 fully saturated rings. The summed E-state index contributed by atoms with van der Waals surface area (Å²) in [6, 6.07) is 0. The first kappa shape index (κ1) is 65.0. The zero-order valence-corrected chi connectivity index (χ0v) is 44.5. The van der Waals surface area contributed by atoms with Crippen molar-refractivity contribution in [2.45, 2.75) is 213 Å². The number of carbonyl (C=O) groups excluding carboxylic acids is 3. The van der Waals surface area contributed by atoms with Crippen molar-refractivity contribution < 1.29 is 28.6 Å². The Kier molecular flexibility index (Phi) is 52.6. The first-order chi connectivity index (χ1) is 34.5. The predicted molar refractivity (Wildman–Crippen MR) is 302 cm³/mol. The van der Waals surface area contributed by atoms with Gasteiger partial charge in [0, 0.05) is 19.3 Å². The van der Waals surface area contributed by atoms with Crippen molar-refractivity contribution in [3.63, 3.8) is 0 Å². The lowest BCUT2D eigenvalue weighted by molar-refractivity contribution is -0.167. The third kappa shape index (κ3) is 54.0. The Morgan fingerprint density at radius 1 is 0.300 bits per heavy atom. The quantitative estimate of drug-likeness (QED) is 0.0262. The second-order valence-electron chi connectivity index (χ2n) is 17.7. The molecule has 1 atom stereocenters. The van der Waals surface area contributed by atoms with Crippen LogP contribution in [0.2, 0.25) is 0 Å². The van der Waals surface area contributed by atoms with Gasteiger partial charge >= 0.3 is 17.9 Å². The molecule has 0 aromatic heterocycles. The average molecular weight is 963 g/mol. The molecule has 0 aromatic rings. The van der Waals surface area contributed by atoms with Crippen LogP contribution in [0.25, 0.3) is 0 Å². The lowest BCUT2D eigenvalue weighted by atomic mass is 10.1. The lowest BCUT2D eigenvalue weighted by Crippen LogP contribution is -2.30. The van der Waals surface area contributed by atoms with Gasteiger partial charge in [-0.15, -0.1) is 0 Å². The summed E-state index contributed by atoms with van der Waals surface area (Å²) in [4.78, 5) is 38.1. The molecule has 6 heteroatoms. The molecule has 0 saturated heterocycles. The summed E-state index contributed by atoms with van der Waals surface area (Å²) in [5, 5.41) is 0. The van der Waals surface area contributed by atoms with Crippen LogP contribution < -0.4 is 0 Å². The highest BCUT2D eigenvalue weighted by atomic mass is 16.6. The van der Waals surface area contributed by atoms with Gasteiger partial charge < -0.3 is 14.2 Å². The number of allylic oxidation sites excluding steroid dienone is 26. The molecular weight excluding hydrogens is 865 g/mol. The van der Waals surface area contributed by atoms with E-state index in [0.29, 0.717) is 19.3 Å². The number of hydrogen-bond acceptors (Lipinski definition) is 6. The Bertz CT molecular complexity index is 1620. The second kappa shape index (κ2) is 56.6. The molecule has 390 valence electrons. The van der Waals surface area contributed by atoms with Gasteiger partial charge in [-0.3, -0.25) is 14.4 Å². The van der Waals surface area contributed by atoms with E-state index in [1.807, 2.05) is 72.9 Å². The molecule has 0 aliphatic rings. The van der Waals surface area contributed by atoms with Crippen molar-refractivity contribution in [3.05, 3.63) is 158 Å². The molecule has 70 heavy (non-hydrogen) atoms. The lowest BCUT2D eigenvalue weighted by Gasteiger charge is -2.18. The third-order valence-corrected chi connectivity index (χ3v) is 11.1. The Morgan fingerprint density at radius 2 is 0.557 bits per heavy atom. The zero-order valence-electron chi connectivity index (χ0n) is 44.5. The van der Waals surface area contributed by atoms with E-state index in [2.05, 4.69) is 106 Å². The maximum Gasteiger partial charge on any atom is 0.306 e. The van der Waals surface area contributed by atoms with Gasteiger partial charge in [-0.25, -0.2) is 0 Å². The molecule has 0 heterocycles. The highest BCUT2D eigenvalue weighted by molar-refractivity contribution is 5.71. The third-order valence-electron chi connectivity index (χ3n) is 11.1. The van der Waals surface area contributed by atoms with E-state index < -0.39 is 6.10 Å². The van der Waals surface area contributed by atoms with Crippen LogP contribution in [-0.4, -0.2) is 37.2 Å². The van der Waals surface area contributed by atoms with E-state index in [1.54, 1.807) is 0 Å². The highest BCUT2D eigenvalue weighted by Crippen LogP contribution is 2.13. The topological polar surface area (TPSA) is 78.9 Å². The Labute approximate surface area is 429 Å². The summed E-state index contributed by atoms with van der Waals surface area (Å²) < 4.78 is 16.8. The van der Waals surface area contributed by atoms with Crippen molar-refractivity contribution in [2.75, 3.05) is 13.2 Å². The molecule has 0 bridgehead atoms. The second-order valence-corrected chi connectivity index (χ2v) is 17.7. The van der Waals surface area contributed by atoms with E-state index in [9.17, 15) is 14.4 Å². The van der Waals surface area contributed by atoms with Crippen molar-refractivity contribution in [2.24, 2.45) is 0 Å². The molecule has 0 saturated carbocycles. The summed E-state index contributed by atoms with van der Waals surface area (Å²) >= 11 is 0. The van der Waals surface area contributed by atoms with Crippen molar-refractivity contribution in [3.8, 4) is 0 Å². The van der Waals surface area contributed by atoms with E-state index in [4.69, 9.17) is 14.2 Å². The minimum absolute atomic E-state index is 0.116. The van der Waals surface area contributed by atoms with Gasteiger partial charge in [-0.05, 0) is 83.5 Å². The van der Waals surface area contributed by atoms with E-state index in [0.717, 1.165) is 109 Å². The molecule has 0 aromatic carbocycles. The molecule has 0 amide bonds. The standard InChI is InChI=1S/C64H98O6/c1-4-7-10-13-16-19-22-25-28-30-32-34-36-39-42-45-48-51-54-57-63(66)69-60-61(59-68-62(65)56-53-50-47-44-41-38-35-27-24-21-18-15-12-9-6-3)70-64(67)58-55-52-49-46-43-40-37-33-31-29-26-23-20-17-14-11-8-5-2/h7,9-10,12-13,15-16,18-19,21-26,28-34,36-37,39,42,61H,4-6,8,11,14,17,20,27,35,38,40-41,43-60H2,1-3H3/b10-7-,12-9-,16-13-,18-15-,22-19-,24-21-,26-23-,28-25-,31-29-,32-30+,36-34-,37-33-,42-39-. The largest absolute Gasteiger partial charge is 0.462 e. The van der Waals surface area contributed by atoms with Crippen LogP contribution in [-0.2, 0) is 28.6 Å². The fourth-order valence-electron chi connectivity index (χ4n) is 6.95. The van der Waals surface area contributed by atoms with Crippen molar-refractivity contribution >= 4 is 17.9 Å². The van der Waals surface area contributed by atoms with Gasteiger partial charge in [0.2, 0.25) is 0 Å². The van der Waals surface area contributed by atoms with Gasteiger partial charge in [0.15, 0.2) is 6.10 Å². The molecule has 0 radical (unpaired) electrons. The van der Waals surface area contributed by atoms with Crippen LogP contribution in [0.5, 0.6) is 0 Å². The van der Waals surface area contributed by atoms with Gasteiger partial charge in [-0.2, -0.15) is 0 Å². The summed E-state index contributed by atoms with van der Waals surface area (Å²) in [6.07, 6.45) is 82.2. The van der Waals surface area contributed by atoms with Crippen molar-refractivity contribution in [1.82, 2.24) is 0 Å². The SMILES string of the molecule is CC\C=C/C=C\C=C/C=C\C=C\C=C/C=C\CCCCCC(=O)OCC(COC(=O)CCCCCCCCC\C=C/C=C\C=C/CC)OC(=O)CCCCCCC\C=C/C=C\C=C/CCCCCCC. The van der Waals surface area contributed by atoms with Gasteiger partial charge in [0.05, 0.1) is 0 Å². The van der Waals surface area contributed by atoms with Crippen LogP contribution in [0.3, 0.4) is 0 Å². The fraction of sp³-hybridized carbons (Fsp3) is 0.547. The predicted octanol–water partition coefficient (Wildman–Crippen LogP) is 18.6. The number of ether oxygens (including phenoxy) is 3. The van der Waals surface area contributed by atoms with Gasteiger partial charge in [0.1, 0.15) is 13.2 Å². The van der Waals surface area contributed by atoms with Gasteiger partial charge in [-0.1, -0.05) is 262 Å². The van der Waals surface area contributed by atoms with Crippen LogP contribution in [0.15, 0.2) is 158 Å². The molecular formula is C64H98O6. The van der Waals surface area contributed by atoms with Crippen molar-refractivity contribution in [1.29, 1.82) is 0 Å². The first-order valence-corrected chi connectivity index (χ1v) is 27.7. The maximum atomic E-state index is 12.9. The highest BCUT2D eigenvalue weighted by Gasteiger charge is 2.19. The number of unbranched alkanes of at least 4 members (excludes halogenated alkanes) is 20. The molecule has 0 aliphatic heterocycles. The number of carbonyl (C=O) groups is 3. The normalized spacial score (nSPS) is 13.4. The average Bonchev–Trinajstić information content (AvgIpc) is 3.36. The molecule has 1 unspecified atom stereocenters. The first-order valence-electron chi connectivity index (χ1n) is 27.7. The molecule has 0 aliphatic carbocycles. The smallest absolute Gasteiger partial charge is 0.306 e. The van der Waals surface area contributed by atoms with E-state index in [-0.39, 0.29) is 37.5 Å². The number of esters is 3. The minimum Gasteiger partial charge on any atom is -0.462 e. The van der Waals surface area contributed by atoms with E-state index in [1.165, 1.54) is 51.4 Å². The molecule has 0 N–H and O–H groups in total. The summed E-state index contributed by atoms with van der Waals surface area (Å²) in [5.74, 6) is -1.00. The summed E-state index contributed by atoms with van der Waals surface area (Å²) in [6.45, 7) is 6.26. The van der Waals surface area contributed by atoms with Crippen LogP contribution >= 0.6 is 0 Å². The molecule has 0 rings (SSSR count). The number of hydrogen-bond donors (Lipinski definition) is 0. The summed E-state index contributed by atoms with van der Waals surface area (Å²) in [5.41, 5.74) is 0. The minimum atomic E-state index is -0.822. The zero-order chi connectivity index (χ0) is 50.7. The van der Waals surface area contributed by atoms with Crippen LogP contribution in [0, 0.1) is 0 Å². The fourth-order valence-corrected chi connectivity index (χ4v) is 6.95. The van der Waals surface area contributed by atoms with Gasteiger partial charge in [0.25, 0.3) is 0 Å². The van der Waals surface area contributed by atoms with Crippen LogP contribution in [0.4, 0.5) is 0 Å². The maximum absolute atomic E-state index is 12.9. The monoisotopic (exact) mass is 963 g/mol. The molecule has 0 spiro atoms. The Balaban J connectivity index is 4.59. The van der Waals surface area contributed by atoms with Crippen LogP contribution in [0.1, 0.15) is 207 Å².